The van der Waals surface area contributed by atoms with Gasteiger partial charge in [0, 0.05) is 11.1 Å². The van der Waals surface area contributed by atoms with Crippen LogP contribution in [-0.4, -0.2) is 12.6 Å². The highest BCUT2D eigenvalue weighted by Crippen LogP contribution is 2.15. The van der Waals surface area contributed by atoms with Crippen molar-refractivity contribution in [1.82, 2.24) is 5.32 Å². The molecule has 0 amide bonds. The molecule has 0 aliphatic rings. The van der Waals surface area contributed by atoms with Crippen molar-refractivity contribution in [2.45, 2.75) is 51.5 Å². The summed E-state index contributed by atoms with van der Waals surface area (Å²) in [7, 11) is 0. The summed E-state index contributed by atoms with van der Waals surface area (Å²) < 4.78 is 0. The van der Waals surface area contributed by atoms with Crippen molar-refractivity contribution < 1.29 is 0 Å². The van der Waals surface area contributed by atoms with E-state index >= 15 is 0 Å². The molecule has 1 rings (SSSR count). The zero-order valence-corrected chi connectivity index (χ0v) is 12.8. The Morgan fingerprint density at radius 2 is 2.16 bits per heavy atom. The van der Waals surface area contributed by atoms with Crippen LogP contribution >= 0.6 is 11.6 Å². The van der Waals surface area contributed by atoms with Crippen molar-refractivity contribution in [3.05, 3.63) is 47.5 Å². The molecule has 0 saturated carbocycles. The maximum absolute atomic E-state index is 6.04. The monoisotopic (exact) mass is 279 g/mol. The van der Waals surface area contributed by atoms with Crippen LogP contribution < -0.4 is 5.32 Å². The number of allylic oxidation sites excluding steroid dienone is 1. The number of nitrogens with one attached hydrogen (secondary N) is 1. The lowest BCUT2D eigenvalue weighted by atomic mass is 10.00. The molecule has 1 nitrogen and oxygen atoms in total. The number of unbranched alkanes of at least 4 members (excludes halogenated alkanes) is 3. The molecule has 0 spiro atoms. The van der Waals surface area contributed by atoms with E-state index in [-0.39, 0.29) is 0 Å². The van der Waals surface area contributed by atoms with Gasteiger partial charge in [0.15, 0.2) is 0 Å². The Labute approximate surface area is 123 Å². The zero-order chi connectivity index (χ0) is 13.9. The van der Waals surface area contributed by atoms with E-state index in [9.17, 15) is 0 Å². The van der Waals surface area contributed by atoms with Gasteiger partial charge in [-0.2, -0.15) is 0 Å². The average molecular weight is 280 g/mol. The Balaban J connectivity index is 2.37. The van der Waals surface area contributed by atoms with Crippen LogP contribution in [0.15, 0.2) is 36.9 Å². The number of rotatable bonds is 10. The van der Waals surface area contributed by atoms with Crippen LogP contribution in [0.5, 0.6) is 0 Å². The number of likely N-dealkylation sites (N-methyl/N-ethyl adjacent to an activating group) is 1. The minimum absolute atomic E-state index is 0.562. The normalized spacial score (nSPS) is 12.3. The second-order valence-electron chi connectivity index (χ2n) is 5.02. The van der Waals surface area contributed by atoms with Crippen LogP contribution in [0.4, 0.5) is 0 Å². The first-order valence-electron chi connectivity index (χ1n) is 7.35. The predicted octanol–water partition coefficient (Wildman–Crippen LogP) is 5.00. The third-order valence-electron chi connectivity index (χ3n) is 3.32. The Morgan fingerprint density at radius 1 is 1.32 bits per heavy atom. The third-order valence-corrected chi connectivity index (χ3v) is 3.56. The van der Waals surface area contributed by atoms with E-state index in [2.05, 4.69) is 31.0 Å². The molecule has 1 N–H and O–H groups in total. The van der Waals surface area contributed by atoms with Crippen LogP contribution in [0.3, 0.4) is 0 Å². The molecular formula is C17H26ClN. The molecule has 2 heteroatoms. The fourth-order valence-electron chi connectivity index (χ4n) is 2.37. The first kappa shape index (κ1) is 16.3. The summed E-state index contributed by atoms with van der Waals surface area (Å²) in [6.45, 7) is 6.96. The van der Waals surface area contributed by atoms with Gasteiger partial charge in [-0.15, -0.1) is 6.58 Å². The van der Waals surface area contributed by atoms with Crippen molar-refractivity contribution in [2.75, 3.05) is 6.54 Å². The molecule has 0 bridgehead atoms. The van der Waals surface area contributed by atoms with Gasteiger partial charge < -0.3 is 5.32 Å². The van der Waals surface area contributed by atoms with E-state index in [0.717, 1.165) is 24.4 Å². The van der Waals surface area contributed by atoms with Gasteiger partial charge in [0.25, 0.3) is 0 Å². The summed E-state index contributed by atoms with van der Waals surface area (Å²) >= 11 is 6.04. The summed E-state index contributed by atoms with van der Waals surface area (Å²) in [5, 5.41) is 4.41. The molecule has 106 valence electrons. The van der Waals surface area contributed by atoms with E-state index in [0.29, 0.717) is 6.04 Å². The van der Waals surface area contributed by atoms with Crippen molar-refractivity contribution in [3.63, 3.8) is 0 Å². The van der Waals surface area contributed by atoms with E-state index in [1.807, 2.05) is 18.2 Å². The molecule has 1 aromatic carbocycles. The Kier molecular flexibility index (Phi) is 8.61. The van der Waals surface area contributed by atoms with E-state index in [1.165, 1.54) is 31.2 Å². The van der Waals surface area contributed by atoms with E-state index in [1.54, 1.807) is 0 Å². The predicted molar refractivity (Wildman–Crippen MR) is 85.9 cm³/mol. The van der Waals surface area contributed by atoms with Crippen molar-refractivity contribution in [1.29, 1.82) is 0 Å². The van der Waals surface area contributed by atoms with Crippen LogP contribution in [0.1, 0.15) is 44.6 Å². The van der Waals surface area contributed by atoms with Gasteiger partial charge in [-0.3, -0.25) is 0 Å². The van der Waals surface area contributed by atoms with Gasteiger partial charge in [0.2, 0.25) is 0 Å². The fourth-order valence-corrected chi connectivity index (χ4v) is 2.58. The lowest BCUT2D eigenvalue weighted by Gasteiger charge is -2.18. The third kappa shape index (κ3) is 7.39. The minimum Gasteiger partial charge on any atom is -0.314 e. The van der Waals surface area contributed by atoms with Gasteiger partial charge in [-0.1, -0.05) is 49.6 Å². The van der Waals surface area contributed by atoms with Crippen LogP contribution in [0.25, 0.3) is 0 Å². The number of hydrogen-bond acceptors (Lipinski definition) is 1. The van der Waals surface area contributed by atoms with Gasteiger partial charge >= 0.3 is 0 Å². The Bertz CT molecular complexity index is 362. The smallest absolute Gasteiger partial charge is 0.0408 e. The molecule has 0 aromatic heterocycles. The summed E-state index contributed by atoms with van der Waals surface area (Å²) in [5.41, 5.74) is 1.32. The fraction of sp³-hybridized carbons (Fsp3) is 0.529. The molecule has 0 radical (unpaired) electrons. The van der Waals surface area contributed by atoms with Crippen LogP contribution in [0, 0.1) is 0 Å². The molecule has 0 heterocycles. The van der Waals surface area contributed by atoms with E-state index in [4.69, 9.17) is 11.6 Å². The highest BCUT2D eigenvalue weighted by Gasteiger charge is 2.08. The molecule has 0 aliphatic carbocycles. The lowest BCUT2D eigenvalue weighted by Crippen LogP contribution is -2.30. The van der Waals surface area contributed by atoms with Gasteiger partial charge in [-0.05, 0) is 49.9 Å². The summed E-state index contributed by atoms with van der Waals surface area (Å²) in [5.74, 6) is 0. The highest BCUT2D eigenvalue weighted by atomic mass is 35.5. The SMILES string of the molecule is C=CCCCCCC(Cc1cccc(Cl)c1)NCC. The number of hydrogen-bond donors (Lipinski definition) is 1. The van der Waals surface area contributed by atoms with Crippen molar-refractivity contribution >= 4 is 11.6 Å². The minimum atomic E-state index is 0.562. The van der Waals surface area contributed by atoms with Crippen molar-refractivity contribution in [3.8, 4) is 0 Å². The zero-order valence-electron chi connectivity index (χ0n) is 12.0. The van der Waals surface area contributed by atoms with Crippen molar-refractivity contribution in [2.24, 2.45) is 0 Å². The molecule has 19 heavy (non-hydrogen) atoms. The summed E-state index contributed by atoms with van der Waals surface area (Å²) in [6.07, 6.45) is 9.29. The maximum atomic E-state index is 6.04. The van der Waals surface area contributed by atoms with Gasteiger partial charge in [0.1, 0.15) is 0 Å². The second-order valence-corrected chi connectivity index (χ2v) is 5.45. The molecule has 1 unspecified atom stereocenters. The summed E-state index contributed by atoms with van der Waals surface area (Å²) in [4.78, 5) is 0. The standard InChI is InChI=1S/C17H26ClN/c1-3-5-6-7-8-12-17(19-4-2)14-15-10-9-11-16(18)13-15/h3,9-11,13,17,19H,1,4-8,12,14H2,2H3. The van der Waals surface area contributed by atoms with Crippen LogP contribution in [0.2, 0.25) is 5.02 Å². The van der Waals surface area contributed by atoms with E-state index < -0.39 is 0 Å². The van der Waals surface area contributed by atoms with Gasteiger partial charge in [0.05, 0.1) is 0 Å². The molecule has 1 aromatic rings. The lowest BCUT2D eigenvalue weighted by molar-refractivity contribution is 0.465. The molecular weight excluding hydrogens is 254 g/mol. The largest absolute Gasteiger partial charge is 0.314 e. The molecule has 1 atom stereocenters. The number of benzene rings is 1. The highest BCUT2D eigenvalue weighted by molar-refractivity contribution is 6.30. The Hall–Kier alpha value is -0.790. The second kappa shape index (κ2) is 10.1. The molecule has 0 fully saturated rings. The van der Waals surface area contributed by atoms with Crippen LogP contribution in [-0.2, 0) is 6.42 Å². The molecule has 0 aliphatic heterocycles. The first-order chi connectivity index (χ1) is 9.26. The average Bonchev–Trinajstić information content (AvgIpc) is 2.38. The maximum Gasteiger partial charge on any atom is 0.0408 e. The quantitative estimate of drug-likeness (QED) is 0.470. The molecule has 0 saturated heterocycles. The van der Waals surface area contributed by atoms with Gasteiger partial charge in [-0.25, -0.2) is 0 Å². The first-order valence-corrected chi connectivity index (χ1v) is 7.72. The Morgan fingerprint density at radius 3 is 2.84 bits per heavy atom. The number of halogens is 1. The topological polar surface area (TPSA) is 12.0 Å². The summed E-state index contributed by atoms with van der Waals surface area (Å²) in [6, 6.07) is 8.76.